The molecule has 3 rings (SSSR count). The number of hydrogen-bond acceptors (Lipinski definition) is 4. The first-order chi connectivity index (χ1) is 15.5. The van der Waals surface area contributed by atoms with E-state index in [1.165, 1.54) is 17.8 Å². The van der Waals surface area contributed by atoms with E-state index in [0.717, 1.165) is 51.4 Å². The molecule has 32 heavy (non-hydrogen) atoms. The molecule has 1 fully saturated rings. The van der Waals surface area contributed by atoms with Crippen LogP contribution in [0, 0.1) is 5.82 Å². The maximum absolute atomic E-state index is 13.0. The number of nitrogens with zero attached hydrogens (tertiary/aromatic N) is 3. The smallest absolute Gasteiger partial charge is 0.238 e. The van der Waals surface area contributed by atoms with Gasteiger partial charge < -0.3 is 20.4 Å². The summed E-state index contributed by atoms with van der Waals surface area (Å²) in [5.41, 5.74) is 2.78. The Hall–Kier alpha value is -2.71. The summed E-state index contributed by atoms with van der Waals surface area (Å²) < 4.78 is 13.0. The second-order valence-corrected chi connectivity index (χ2v) is 8.21. The van der Waals surface area contributed by atoms with Gasteiger partial charge in [0.2, 0.25) is 5.91 Å². The van der Waals surface area contributed by atoms with Crippen molar-refractivity contribution in [3.63, 3.8) is 0 Å². The molecule has 8 heteroatoms. The van der Waals surface area contributed by atoms with Gasteiger partial charge in [-0.05, 0) is 81.0 Å². The molecule has 0 atom stereocenters. The SMILES string of the molecule is CCN(CC)c1ccc(NC(=S)N2CCCN(CC(=O)Nc3ccc(F)cc3)CC2)cc1. The molecule has 1 aliphatic heterocycles. The Morgan fingerprint density at radius 3 is 2.22 bits per heavy atom. The highest BCUT2D eigenvalue weighted by Gasteiger charge is 2.19. The van der Waals surface area contributed by atoms with Crippen LogP contribution in [-0.4, -0.2) is 66.6 Å². The lowest BCUT2D eigenvalue weighted by atomic mass is 10.2. The van der Waals surface area contributed by atoms with Crippen LogP contribution in [0.5, 0.6) is 0 Å². The Labute approximate surface area is 195 Å². The predicted octanol–water partition coefficient (Wildman–Crippen LogP) is 4.02. The molecule has 0 aromatic heterocycles. The van der Waals surface area contributed by atoms with Gasteiger partial charge in [-0.25, -0.2) is 4.39 Å². The number of rotatable bonds is 7. The number of carbonyl (C=O) groups excluding carboxylic acids is 1. The zero-order chi connectivity index (χ0) is 22.9. The molecule has 0 radical (unpaired) electrons. The van der Waals surface area contributed by atoms with Crippen molar-refractivity contribution in [2.75, 3.05) is 61.3 Å². The summed E-state index contributed by atoms with van der Waals surface area (Å²) in [7, 11) is 0. The van der Waals surface area contributed by atoms with Crippen LogP contribution in [0.15, 0.2) is 48.5 Å². The minimum absolute atomic E-state index is 0.0981. The highest BCUT2D eigenvalue weighted by atomic mass is 32.1. The van der Waals surface area contributed by atoms with E-state index < -0.39 is 0 Å². The molecular formula is C24H32FN5OS. The third kappa shape index (κ3) is 6.90. The van der Waals surface area contributed by atoms with Crippen LogP contribution >= 0.6 is 12.2 Å². The maximum Gasteiger partial charge on any atom is 0.238 e. The number of benzene rings is 2. The fourth-order valence-corrected chi connectivity index (χ4v) is 4.12. The van der Waals surface area contributed by atoms with Crippen LogP contribution < -0.4 is 15.5 Å². The quantitative estimate of drug-likeness (QED) is 0.613. The van der Waals surface area contributed by atoms with Crippen molar-refractivity contribution in [1.29, 1.82) is 0 Å². The Bertz CT molecular complexity index is 886. The van der Waals surface area contributed by atoms with Gasteiger partial charge in [-0.15, -0.1) is 0 Å². The highest BCUT2D eigenvalue weighted by Crippen LogP contribution is 2.18. The Morgan fingerprint density at radius 2 is 1.56 bits per heavy atom. The zero-order valence-corrected chi connectivity index (χ0v) is 19.6. The fraction of sp³-hybridized carbons (Fsp3) is 0.417. The summed E-state index contributed by atoms with van der Waals surface area (Å²) in [6, 6.07) is 14.2. The number of hydrogen-bond donors (Lipinski definition) is 2. The van der Waals surface area contributed by atoms with Gasteiger partial charge >= 0.3 is 0 Å². The van der Waals surface area contributed by atoms with Crippen molar-refractivity contribution in [3.8, 4) is 0 Å². The summed E-state index contributed by atoms with van der Waals surface area (Å²) >= 11 is 5.65. The molecule has 2 N–H and O–H groups in total. The van der Waals surface area contributed by atoms with Gasteiger partial charge in [0.15, 0.2) is 5.11 Å². The topological polar surface area (TPSA) is 50.9 Å². The number of carbonyl (C=O) groups is 1. The van der Waals surface area contributed by atoms with Crippen LogP contribution in [0.4, 0.5) is 21.5 Å². The van der Waals surface area contributed by atoms with Gasteiger partial charge in [0.1, 0.15) is 5.82 Å². The Kier molecular flexibility index (Phi) is 8.81. The van der Waals surface area contributed by atoms with E-state index in [4.69, 9.17) is 12.2 Å². The van der Waals surface area contributed by atoms with Gasteiger partial charge in [-0.1, -0.05) is 0 Å². The summed E-state index contributed by atoms with van der Waals surface area (Å²) in [6.07, 6.45) is 0.923. The molecular weight excluding hydrogens is 425 g/mol. The number of anilines is 3. The third-order valence-corrected chi connectivity index (χ3v) is 5.98. The monoisotopic (exact) mass is 457 g/mol. The first-order valence-corrected chi connectivity index (χ1v) is 11.6. The highest BCUT2D eigenvalue weighted by molar-refractivity contribution is 7.80. The summed E-state index contributed by atoms with van der Waals surface area (Å²) in [5.74, 6) is -0.418. The Morgan fingerprint density at radius 1 is 0.938 bits per heavy atom. The molecule has 1 aliphatic rings. The molecule has 1 heterocycles. The standard InChI is InChI=1S/C24H32FN5OS/c1-3-29(4-2)22-12-10-21(11-13-22)27-24(32)30-15-5-14-28(16-17-30)18-23(31)26-20-8-6-19(25)7-9-20/h6-13H,3-5,14-18H2,1-2H3,(H,26,31)(H,27,32). The second kappa shape index (κ2) is 11.8. The average molecular weight is 458 g/mol. The molecule has 6 nitrogen and oxygen atoms in total. The molecule has 0 unspecified atom stereocenters. The number of thiocarbonyl (C=S) groups is 1. The fourth-order valence-electron chi connectivity index (χ4n) is 3.82. The van der Waals surface area contributed by atoms with E-state index in [2.05, 4.69) is 63.4 Å². The number of halogens is 1. The molecule has 1 amide bonds. The van der Waals surface area contributed by atoms with Crippen LogP contribution in [0.3, 0.4) is 0 Å². The van der Waals surface area contributed by atoms with Gasteiger partial charge in [-0.3, -0.25) is 9.69 Å². The van der Waals surface area contributed by atoms with Crippen LogP contribution in [0.2, 0.25) is 0 Å². The minimum Gasteiger partial charge on any atom is -0.372 e. The maximum atomic E-state index is 13.0. The number of nitrogens with one attached hydrogen (secondary N) is 2. The third-order valence-electron chi connectivity index (χ3n) is 5.62. The lowest BCUT2D eigenvalue weighted by Crippen LogP contribution is -2.39. The largest absolute Gasteiger partial charge is 0.372 e. The summed E-state index contributed by atoms with van der Waals surface area (Å²) in [5, 5.41) is 6.87. The van der Waals surface area contributed by atoms with Crippen LogP contribution in [0.25, 0.3) is 0 Å². The van der Waals surface area contributed by atoms with Crippen molar-refractivity contribution in [2.24, 2.45) is 0 Å². The normalized spacial score (nSPS) is 14.5. The van der Waals surface area contributed by atoms with E-state index >= 15 is 0 Å². The van der Waals surface area contributed by atoms with E-state index in [0.29, 0.717) is 17.3 Å². The van der Waals surface area contributed by atoms with Gasteiger partial charge in [0, 0.05) is 56.3 Å². The first-order valence-electron chi connectivity index (χ1n) is 11.2. The lowest BCUT2D eigenvalue weighted by Gasteiger charge is -2.25. The summed E-state index contributed by atoms with van der Waals surface area (Å²) in [4.78, 5) is 18.9. The van der Waals surface area contributed by atoms with Crippen LogP contribution in [-0.2, 0) is 4.79 Å². The lowest BCUT2D eigenvalue weighted by molar-refractivity contribution is -0.117. The molecule has 0 saturated carbocycles. The zero-order valence-electron chi connectivity index (χ0n) is 18.8. The van der Waals surface area contributed by atoms with Crippen molar-refractivity contribution in [3.05, 3.63) is 54.3 Å². The molecule has 1 saturated heterocycles. The second-order valence-electron chi connectivity index (χ2n) is 7.82. The van der Waals surface area contributed by atoms with E-state index in [9.17, 15) is 9.18 Å². The molecule has 172 valence electrons. The minimum atomic E-state index is -0.319. The summed E-state index contributed by atoms with van der Waals surface area (Å²) in [6.45, 7) is 9.75. The van der Waals surface area contributed by atoms with Crippen molar-refractivity contribution in [1.82, 2.24) is 9.80 Å². The predicted molar refractivity (Wildman–Crippen MR) is 134 cm³/mol. The average Bonchev–Trinajstić information content (AvgIpc) is 3.03. The van der Waals surface area contributed by atoms with Crippen molar-refractivity contribution in [2.45, 2.75) is 20.3 Å². The van der Waals surface area contributed by atoms with Crippen molar-refractivity contribution >= 4 is 40.3 Å². The molecule has 0 spiro atoms. The van der Waals surface area contributed by atoms with Gasteiger partial charge in [-0.2, -0.15) is 0 Å². The van der Waals surface area contributed by atoms with Gasteiger partial charge in [0.25, 0.3) is 0 Å². The van der Waals surface area contributed by atoms with Crippen LogP contribution in [0.1, 0.15) is 20.3 Å². The van der Waals surface area contributed by atoms with E-state index in [1.54, 1.807) is 12.1 Å². The van der Waals surface area contributed by atoms with E-state index in [-0.39, 0.29) is 11.7 Å². The Balaban J connectivity index is 1.47. The van der Waals surface area contributed by atoms with Crippen molar-refractivity contribution < 1.29 is 9.18 Å². The van der Waals surface area contributed by atoms with Gasteiger partial charge in [0.05, 0.1) is 6.54 Å². The molecule has 2 aromatic rings. The molecule has 0 aliphatic carbocycles. The van der Waals surface area contributed by atoms with E-state index in [1.807, 2.05) is 0 Å². The molecule has 2 aromatic carbocycles. The molecule has 0 bridgehead atoms. The first kappa shape index (κ1) is 23.9. The number of amides is 1.